The van der Waals surface area contributed by atoms with Crippen molar-refractivity contribution in [3.63, 3.8) is 0 Å². The van der Waals surface area contributed by atoms with Gasteiger partial charge in [0.05, 0.1) is 18.2 Å². The summed E-state index contributed by atoms with van der Waals surface area (Å²) in [4.78, 5) is 0. The molecule has 1 aromatic carbocycles. The van der Waals surface area contributed by atoms with Crippen molar-refractivity contribution in [1.82, 2.24) is 0 Å². The standard InChI is InChI=1S/C13H17NO/c1-11(2)7-8-15-10-13-5-3-12(9-14)4-6-13/h3-6,11H,7-8,10H2,1-2H3. The summed E-state index contributed by atoms with van der Waals surface area (Å²) in [6, 6.07) is 9.61. The van der Waals surface area contributed by atoms with Gasteiger partial charge in [0.2, 0.25) is 0 Å². The molecule has 0 heterocycles. The fourth-order valence-electron chi connectivity index (χ4n) is 1.18. The summed E-state index contributed by atoms with van der Waals surface area (Å²) in [6.07, 6.45) is 1.09. The van der Waals surface area contributed by atoms with Crippen LogP contribution in [0.25, 0.3) is 0 Å². The van der Waals surface area contributed by atoms with Crippen molar-refractivity contribution in [3.8, 4) is 6.07 Å². The van der Waals surface area contributed by atoms with Gasteiger partial charge >= 0.3 is 0 Å². The maximum atomic E-state index is 8.62. The van der Waals surface area contributed by atoms with E-state index in [-0.39, 0.29) is 0 Å². The Kier molecular flexibility index (Phi) is 4.86. The van der Waals surface area contributed by atoms with Crippen LogP contribution in [-0.4, -0.2) is 6.61 Å². The molecule has 0 atom stereocenters. The van der Waals surface area contributed by atoms with E-state index in [9.17, 15) is 0 Å². The summed E-state index contributed by atoms with van der Waals surface area (Å²) in [7, 11) is 0. The number of hydrogen-bond acceptors (Lipinski definition) is 2. The Morgan fingerprint density at radius 3 is 2.47 bits per heavy atom. The van der Waals surface area contributed by atoms with E-state index in [1.807, 2.05) is 24.3 Å². The molecule has 2 nitrogen and oxygen atoms in total. The first kappa shape index (κ1) is 11.7. The number of hydrogen-bond donors (Lipinski definition) is 0. The van der Waals surface area contributed by atoms with E-state index in [1.165, 1.54) is 0 Å². The van der Waals surface area contributed by atoms with E-state index < -0.39 is 0 Å². The van der Waals surface area contributed by atoms with E-state index in [4.69, 9.17) is 10.00 Å². The van der Waals surface area contributed by atoms with Crippen molar-refractivity contribution in [2.45, 2.75) is 26.9 Å². The molecule has 0 saturated carbocycles. The van der Waals surface area contributed by atoms with Crippen LogP contribution in [0.1, 0.15) is 31.4 Å². The van der Waals surface area contributed by atoms with Crippen LogP contribution in [0.4, 0.5) is 0 Å². The topological polar surface area (TPSA) is 33.0 Å². The molecule has 0 bridgehead atoms. The third-order valence-corrected chi connectivity index (χ3v) is 2.19. The highest BCUT2D eigenvalue weighted by molar-refractivity contribution is 5.31. The lowest BCUT2D eigenvalue weighted by atomic mass is 10.1. The predicted molar refractivity (Wildman–Crippen MR) is 60.3 cm³/mol. The van der Waals surface area contributed by atoms with Crippen molar-refractivity contribution in [3.05, 3.63) is 35.4 Å². The first-order valence-corrected chi connectivity index (χ1v) is 5.29. The number of ether oxygens (including phenoxy) is 1. The Balaban J connectivity index is 2.29. The summed E-state index contributed by atoms with van der Waals surface area (Å²) in [5.41, 5.74) is 1.82. The minimum atomic E-state index is 0.637. The highest BCUT2D eigenvalue weighted by Gasteiger charge is 1.96. The fraction of sp³-hybridized carbons (Fsp3) is 0.462. The molecule has 0 saturated heterocycles. The Labute approximate surface area is 91.5 Å². The molecule has 0 aliphatic carbocycles. The molecule has 80 valence electrons. The summed E-state index contributed by atoms with van der Waals surface area (Å²) in [6.45, 7) is 5.81. The zero-order valence-corrected chi connectivity index (χ0v) is 9.36. The summed E-state index contributed by atoms with van der Waals surface area (Å²) < 4.78 is 5.52. The average Bonchev–Trinajstić information content (AvgIpc) is 2.25. The van der Waals surface area contributed by atoms with Gasteiger partial charge in [-0.1, -0.05) is 26.0 Å². The first-order chi connectivity index (χ1) is 7.22. The highest BCUT2D eigenvalue weighted by atomic mass is 16.5. The molecule has 0 fully saturated rings. The number of nitrogens with zero attached hydrogens (tertiary/aromatic N) is 1. The van der Waals surface area contributed by atoms with Crippen molar-refractivity contribution < 1.29 is 4.74 Å². The Morgan fingerprint density at radius 2 is 1.93 bits per heavy atom. The SMILES string of the molecule is CC(C)CCOCc1ccc(C#N)cc1. The molecular formula is C13H17NO. The van der Waals surface area contributed by atoms with Crippen LogP contribution in [-0.2, 0) is 11.3 Å². The van der Waals surface area contributed by atoms with Crippen molar-refractivity contribution in [2.75, 3.05) is 6.61 Å². The smallest absolute Gasteiger partial charge is 0.0991 e. The molecule has 0 aromatic heterocycles. The molecule has 0 N–H and O–H groups in total. The van der Waals surface area contributed by atoms with Gasteiger partial charge in [0.15, 0.2) is 0 Å². The molecule has 0 unspecified atom stereocenters. The highest BCUT2D eigenvalue weighted by Crippen LogP contribution is 2.06. The average molecular weight is 203 g/mol. The van der Waals surface area contributed by atoms with Crippen molar-refractivity contribution >= 4 is 0 Å². The molecule has 2 heteroatoms. The second-order valence-electron chi connectivity index (χ2n) is 4.04. The second-order valence-corrected chi connectivity index (χ2v) is 4.04. The quantitative estimate of drug-likeness (QED) is 0.689. The molecular weight excluding hydrogens is 186 g/mol. The molecule has 15 heavy (non-hydrogen) atoms. The fourth-order valence-corrected chi connectivity index (χ4v) is 1.18. The lowest BCUT2D eigenvalue weighted by molar-refractivity contribution is 0.110. The normalized spacial score (nSPS) is 10.3. The number of benzene rings is 1. The van der Waals surface area contributed by atoms with Gasteiger partial charge in [-0.25, -0.2) is 0 Å². The molecule has 0 aliphatic rings. The van der Waals surface area contributed by atoms with E-state index in [0.29, 0.717) is 18.1 Å². The van der Waals surface area contributed by atoms with Crippen LogP contribution in [0.15, 0.2) is 24.3 Å². The van der Waals surface area contributed by atoms with Gasteiger partial charge in [-0.15, -0.1) is 0 Å². The van der Waals surface area contributed by atoms with E-state index in [2.05, 4.69) is 19.9 Å². The van der Waals surface area contributed by atoms with Gasteiger partial charge < -0.3 is 4.74 Å². The molecule has 0 aliphatic heterocycles. The Bertz CT molecular complexity index is 321. The molecule has 1 aromatic rings. The minimum Gasteiger partial charge on any atom is -0.377 e. The third kappa shape index (κ3) is 4.62. The van der Waals surface area contributed by atoms with E-state index in [1.54, 1.807) is 0 Å². The van der Waals surface area contributed by atoms with Crippen molar-refractivity contribution in [2.24, 2.45) is 5.92 Å². The molecule has 0 radical (unpaired) electrons. The van der Waals surface area contributed by atoms with Gasteiger partial charge in [0, 0.05) is 6.61 Å². The Morgan fingerprint density at radius 1 is 1.27 bits per heavy atom. The molecule has 0 amide bonds. The Hall–Kier alpha value is -1.33. The van der Waals surface area contributed by atoms with Crippen LogP contribution in [0, 0.1) is 17.2 Å². The lowest BCUT2D eigenvalue weighted by Gasteiger charge is -2.06. The van der Waals surface area contributed by atoms with Crippen LogP contribution >= 0.6 is 0 Å². The largest absolute Gasteiger partial charge is 0.377 e. The maximum absolute atomic E-state index is 8.62. The van der Waals surface area contributed by atoms with E-state index >= 15 is 0 Å². The number of rotatable bonds is 5. The molecule has 1 rings (SSSR count). The zero-order valence-electron chi connectivity index (χ0n) is 9.36. The van der Waals surface area contributed by atoms with Gasteiger partial charge in [-0.3, -0.25) is 0 Å². The maximum Gasteiger partial charge on any atom is 0.0991 e. The summed E-state index contributed by atoms with van der Waals surface area (Å²) in [5.74, 6) is 0.686. The van der Waals surface area contributed by atoms with Gasteiger partial charge in [-0.05, 0) is 30.0 Å². The monoisotopic (exact) mass is 203 g/mol. The molecule has 0 spiro atoms. The minimum absolute atomic E-state index is 0.637. The second kappa shape index (κ2) is 6.21. The summed E-state index contributed by atoms with van der Waals surface area (Å²) in [5, 5.41) is 8.62. The van der Waals surface area contributed by atoms with Gasteiger partial charge in [-0.2, -0.15) is 5.26 Å². The first-order valence-electron chi connectivity index (χ1n) is 5.29. The summed E-state index contributed by atoms with van der Waals surface area (Å²) >= 11 is 0. The zero-order chi connectivity index (χ0) is 11.1. The van der Waals surface area contributed by atoms with Crippen LogP contribution < -0.4 is 0 Å². The lowest BCUT2D eigenvalue weighted by Crippen LogP contribution is -1.99. The van der Waals surface area contributed by atoms with Crippen molar-refractivity contribution in [1.29, 1.82) is 5.26 Å². The van der Waals surface area contributed by atoms with Crippen LogP contribution in [0.2, 0.25) is 0 Å². The van der Waals surface area contributed by atoms with Gasteiger partial charge in [0.25, 0.3) is 0 Å². The van der Waals surface area contributed by atoms with Gasteiger partial charge in [0.1, 0.15) is 0 Å². The van der Waals surface area contributed by atoms with Crippen LogP contribution in [0.3, 0.4) is 0 Å². The predicted octanol–water partition coefficient (Wildman–Crippen LogP) is 3.12. The number of nitriles is 1. The third-order valence-electron chi connectivity index (χ3n) is 2.19. The van der Waals surface area contributed by atoms with E-state index in [0.717, 1.165) is 18.6 Å². The van der Waals surface area contributed by atoms with Crippen LogP contribution in [0.5, 0.6) is 0 Å².